The maximum atomic E-state index is 12.3. The molecule has 3 rings (SSSR count). The van der Waals surface area contributed by atoms with E-state index >= 15 is 0 Å². The van der Waals surface area contributed by atoms with E-state index in [9.17, 15) is 4.79 Å². The minimum Gasteiger partial charge on any atom is -0.462 e. The molecule has 1 radical (unpaired) electrons. The zero-order chi connectivity index (χ0) is 23.2. The molecule has 0 aliphatic rings. The van der Waals surface area contributed by atoms with Gasteiger partial charge in [-0.1, -0.05) is 13.3 Å². The van der Waals surface area contributed by atoms with Gasteiger partial charge in [0.2, 0.25) is 0 Å². The summed E-state index contributed by atoms with van der Waals surface area (Å²) in [6.07, 6.45) is 8.65. The summed E-state index contributed by atoms with van der Waals surface area (Å²) >= 11 is 0. The Labute approximate surface area is 190 Å². The van der Waals surface area contributed by atoms with Crippen LogP contribution < -0.4 is 0 Å². The molecule has 173 valence electrons. The molecule has 0 unspecified atom stereocenters. The van der Waals surface area contributed by atoms with Crippen LogP contribution >= 0.6 is 0 Å². The minimum absolute atomic E-state index is 0. The largest absolute Gasteiger partial charge is 2.00 e. The molecule has 0 amide bonds. The van der Waals surface area contributed by atoms with Gasteiger partial charge < -0.3 is 35.4 Å². The number of pyridine rings is 1. The number of carbonyl (C=O) groups excluding carboxylic acids is 1. The van der Waals surface area contributed by atoms with Gasteiger partial charge in [0.25, 0.3) is 0 Å². The summed E-state index contributed by atoms with van der Waals surface area (Å²) in [5.41, 5.74) is 0.423. The molecule has 3 heterocycles. The molecule has 32 heavy (non-hydrogen) atoms. The number of carbonyl (C=O) groups is 1. The third-order valence-corrected chi connectivity index (χ3v) is 3.24. The van der Waals surface area contributed by atoms with Crippen LogP contribution in [0.4, 0.5) is 0 Å². The SMILES string of the molecule is CCCCOC(=O)c1cc(-n2cccn2)nc(-n2cccn2)c1.O=[N+]([O-])[O-].O=[N+]([O-])[O-].[Co+2]. The third-order valence-electron chi connectivity index (χ3n) is 3.24. The fourth-order valence-electron chi connectivity index (χ4n) is 2.06. The van der Waals surface area contributed by atoms with E-state index in [1.54, 1.807) is 58.4 Å². The van der Waals surface area contributed by atoms with Gasteiger partial charge >= 0.3 is 22.7 Å². The number of esters is 1. The molecule has 0 saturated heterocycles. The third kappa shape index (κ3) is 10.6. The van der Waals surface area contributed by atoms with Gasteiger partial charge in [-0.25, -0.2) is 19.1 Å². The Balaban J connectivity index is 0.000000928. The van der Waals surface area contributed by atoms with Crippen molar-refractivity contribution in [2.75, 3.05) is 6.61 Å². The van der Waals surface area contributed by atoms with Gasteiger partial charge in [0.1, 0.15) is 0 Å². The molecular formula is C16H17CoN7O8. The van der Waals surface area contributed by atoms with Gasteiger partial charge in [-0.15, -0.1) is 0 Å². The van der Waals surface area contributed by atoms with Crippen molar-refractivity contribution in [1.29, 1.82) is 0 Å². The number of hydrogen-bond donors (Lipinski definition) is 0. The predicted molar refractivity (Wildman–Crippen MR) is 104 cm³/mol. The molecule has 0 atom stereocenters. The molecule has 0 spiro atoms. The van der Waals surface area contributed by atoms with Crippen LogP contribution in [0.25, 0.3) is 11.6 Å². The van der Waals surface area contributed by atoms with Crippen LogP contribution in [-0.4, -0.2) is 47.3 Å². The van der Waals surface area contributed by atoms with E-state index in [-0.39, 0.29) is 22.7 Å². The topological polar surface area (TPSA) is 207 Å². The first kappa shape index (κ1) is 27.9. The van der Waals surface area contributed by atoms with Crippen LogP contribution in [0.3, 0.4) is 0 Å². The van der Waals surface area contributed by atoms with Crippen LogP contribution in [0.2, 0.25) is 0 Å². The van der Waals surface area contributed by atoms with Crippen molar-refractivity contribution in [2.45, 2.75) is 19.8 Å². The molecule has 0 N–H and O–H groups in total. The van der Waals surface area contributed by atoms with Crippen molar-refractivity contribution in [2.24, 2.45) is 0 Å². The minimum atomic E-state index is -1.75. The smallest absolute Gasteiger partial charge is 0.462 e. The second kappa shape index (κ2) is 14.9. The molecule has 3 aromatic rings. The molecule has 15 nitrogen and oxygen atoms in total. The Morgan fingerprint density at radius 3 is 1.75 bits per heavy atom. The standard InChI is InChI=1S/C16H17N5O2.Co.2NO3/c1-2-3-10-23-16(22)13-11-14(20-8-4-6-17-20)19-15(12-13)21-9-5-7-18-21;;2*2-1(3)4/h4-9,11-12H,2-3,10H2,1H3;;;/q;+2;2*-1. The van der Waals surface area contributed by atoms with Crippen LogP contribution in [0.5, 0.6) is 0 Å². The number of hydrogen-bond acceptors (Lipinski definition) is 11. The van der Waals surface area contributed by atoms with E-state index in [0.29, 0.717) is 23.8 Å². The number of ether oxygens (including phenoxy) is 1. The maximum Gasteiger partial charge on any atom is 2.00 e. The number of unbranched alkanes of at least 4 members (excludes halogenated alkanes) is 1. The molecule has 16 heteroatoms. The van der Waals surface area contributed by atoms with E-state index in [2.05, 4.69) is 15.2 Å². The van der Waals surface area contributed by atoms with Crippen molar-refractivity contribution in [3.05, 3.63) is 85.3 Å². The summed E-state index contributed by atoms with van der Waals surface area (Å²) in [4.78, 5) is 33.2. The van der Waals surface area contributed by atoms with E-state index in [4.69, 9.17) is 35.4 Å². The second-order valence-electron chi connectivity index (χ2n) is 5.41. The van der Waals surface area contributed by atoms with Gasteiger partial charge in [-0.3, -0.25) is 0 Å². The van der Waals surface area contributed by atoms with Crippen molar-refractivity contribution >= 4 is 5.97 Å². The van der Waals surface area contributed by atoms with E-state index in [0.717, 1.165) is 12.8 Å². The first-order valence-corrected chi connectivity index (χ1v) is 8.56. The first-order valence-electron chi connectivity index (χ1n) is 8.56. The Hall–Kier alpha value is -4.05. The van der Waals surface area contributed by atoms with Crippen LogP contribution in [0.1, 0.15) is 30.1 Å². The Kier molecular flexibility index (Phi) is 13.0. The van der Waals surface area contributed by atoms with Crippen molar-refractivity contribution in [3.63, 3.8) is 0 Å². The van der Waals surface area contributed by atoms with Gasteiger partial charge in [0.15, 0.2) is 11.6 Å². The molecule has 0 aliphatic heterocycles. The Bertz CT molecular complexity index is 894. The Morgan fingerprint density at radius 1 is 0.969 bits per heavy atom. The van der Waals surface area contributed by atoms with Crippen LogP contribution in [0, 0.1) is 30.6 Å². The average Bonchev–Trinajstić information content (AvgIpc) is 3.41. The summed E-state index contributed by atoms with van der Waals surface area (Å²) in [7, 11) is 0. The monoisotopic (exact) mass is 494 g/mol. The average molecular weight is 494 g/mol. The molecule has 3 aromatic heterocycles. The summed E-state index contributed by atoms with van der Waals surface area (Å²) < 4.78 is 8.47. The van der Waals surface area contributed by atoms with Crippen LogP contribution in [0.15, 0.2) is 49.1 Å². The maximum absolute atomic E-state index is 12.3. The van der Waals surface area contributed by atoms with Crippen molar-refractivity contribution < 1.29 is 36.5 Å². The van der Waals surface area contributed by atoms with E-state index in [1.165, 1.54) is 0 Å². The van der Waals surface area contributed by atoms with Gasteiger partial charge in [0, 0.05) is 24.8 Å². The summed E-state index contributed by atoms with van der Waals surface area (Å²) in [6.45, 7) is 2.46. The van der Waals surface area contributed by atoms with Crippen molar-refractivity contribution in [3.8, 4) is 11.6 Å². The summed E-state index contributed by atoms with van der Waals surface area (Å²) in [5, 5.41) is 37.8. The molecule has 0 fully saturated rings. The molecule has 0 saturated carbocycles. The fraction of sp³-hybridized carbons (Fsp3) is 0.250. The predicted octanol–water partition coefficient (Wildman–Crippen LogP) is 1.93. The van der Waals surface area contributed by atoms with Crippen LogP contribution in [-0.2, 0) is 21.5 Å². The first-order chi connectivity index (χ1) is 14.7. The van der Waals surface area contributed by atoms with E-state index < -0.39 is 10.2 Å². The normalized spacial score (nSPS) is 9.16. The number of aromatic nitrogens is 5. The van der Waals surface area contributed by atoms with Gasteiger partial charge in [-0.05, 0) is 30.7 Å². The fourth-order valence-corrected chi connectivity index (χ4v) is 2.06. The quantitative estimate of drug-likeness (QED) is 0.209. The molecule has 0 bridgehead atoms. The van der Waals surface area contributed by atoms with Gasteiger partial charge in [0.05, 0.1) is 22.3 Å². The Morgan fingerprint density at radius 2 is 1.41 bits per heavy atom. The molecule has 0 aromatic carbocycles. The zero-order valence-electron chi connectivity index (χ0n) is 16.5. The zero-order valence-corrected chi connectivity index (χ0v) is 17.5. The van der Waals surface area contributed by atoms with Gasteiger partial charge in [-0.2, -0.15) is 10.2 Å². The molecule has 0 aliphatic carbocycles. The number of nitrogens with zero attached hydrogens (tertiary/aromatic N) is 7. The van der Waals surface area contributed by atoms with E-state index in [1.807, 2.05) is 6.92 Å². The number of rotatable bonds is 6. The van der Waals surface area contributed by atoms with Crippen molar-refractivity contribution in [1.82, 2.24) is 24.5 Å². The summed E-state index contributed by atoms with van der Waals surface area (Å²) in [6, 6.07) is 6.91. The summed E-state index contributed by atoms with van der Waals surface area (Å²) in [5.74, 6) is 0.693. The molecular weight excluding hydrogens is 477 g/mol. The second-order valence-corrected chi connectivity index (χ2v) is 5.41.